The Kier molecular flexibility index (Phi) is 17.2. The molecule has 1 unspecified atom stereocenters. The van der Waals surface area contributed by atoms with Crippen molar-refractivity contribution in [2.45, 2.75) is 44.6 Å². The Bertz CT molecular complexity index is 1490. The smallest absolute Gasteiger partial charge is 0.320 e. The number of nitrogens with two attached hydrogens (primary N) is 1. The van der Waals surface area contributed by atoms with E-state index in [1.807, 2.05) is 17.0 Å². The van der Waals surface area contributed by atoms with Crippen LogP contribution in [-0.4, -0.2) is 80.0 Å². The van der Waals surface area contributed by atoms with Gasteiger partial charge in [0.1, 0.15) is 17.5 Å². The second-order valence-corrected chi connectivity index (χ2v) is 10.8. The minimum absolute atomic E-state index is 0. The van der Waals surface area contributed by atoms with E-state index in [0.29, 0.717) is 42.4 Å². The van der Waals surface area contributed by atoms with Gasteiger partial charge in [-0.1, -0.05) is 37.1 Å². The molecule has 2 aromatic carbocycles. The van der Waals surface area contributed by atoms with Gasteiger partial charge in [-0.3, -0.25) is 19.4 Å². The topological polar surface area (TPSA) is 265 Å². The summed E-state index contributed by atoms with van der Waals surface area (Å²) in [6.45, 7) is 1.92. The number of carboxylic acids is 1. The summed E-state index contributed by atoms with van der Waals surface area (Å²) in [4.78, 5) is 42.4. The first-order chi connectivity index (χ1) is 21.3. The molecule has 14 nitrogen and oxygen atoms in total. The van der Waals surface area contributed by atoms with Gasteiger partial charge in [-0.25, -0.2) is 0 Å². The van der Waals surface area contributed by atoms with Crippen LogP contribution < -0.4 is 11.1 Å². The minimum atomic E-state index is -1.12. The van der Waals surface area contributed by atoms with E-state index in [2.05, 4.69) is 20.5 Å². The molecule has 0 radical (unpaired) electrons. The van der Waals surface area contributed by atoms with Crippen LogP contribution in [-0.2, 0) is 16.0 Å². The number of rotatable bonds is 13. The summed E-state index contributed by atoms with van der Waals surface area (Å²) in [6, 6.07) is 14.1. The molecule has 1 fully saturated rings. The largest absolute Gasteiger partial charge is 0.506 e. The van der Waals surface area contributed by atoms with Gasteiger partial charge in [0.25, 0.3) is 5.91 Å². The standard InChI is InChI=1S/C33H38N6O5.3H2O/c34-27(33(43)44)20-25-10-12-30(40)29(21-25)38-37-28-9-2-1-8-26(28)32(42)39-18-14-23(15-19-39)6-3-4-17-36-31(41)13-11-24-7-5-16-35-22-24;;;/h1-2,5,7-13,16,21-23,27,40H,3-4,6,14-15,17-20,34H2,(H,36,41)(H,43,44);3*1H2/b13-11+,38-37-;;;. The number of phenolic OH excluding ortho intramolecular Hbond substituents is 1. The van der Waals surface area contributed by atoms with Gasteiger partial charge in [-0.2, -0.15) is 0 Å². The molecule has 3 aromatic rings. The van der Waals surface area contributed by atoms with Gasteiger partial charge in [-0.05, 0) is 79.1 Å². The first-order valence-electron chi connectivity index (χ1n) is 14.8. The van der Waals surface area contributed by atoms with E-state index < -0.39 is 12.0 Å². The summed E-state index contributed by atoms with van der Waals surface area (Å²) in [5.74, 6) is -0.951. The van der Waals surface area contributed by atoms with Gasteiger partial charge in [0.2, 0.25) is 5.91 Å². The van der Waals surface area contributed by atoms with Crippen molar-refractivity contribution in [1.82, 2.24) is 15.2 Å². The minimum Gasteiger partial charge on any atom is -0.506 e. The number of hydrogen-bond donors (Lipinski definition) is 4. The number of carboxylic acid groups (broad SMARTS) is 1. The number of azo groups is 1. The lowest BCUT2D eigenvalue weighted by molar-refractivity contribution is -0.138. The second-order valence-electron chi connectivity index (χ2n) is 10.8. The zero-order chi connectivity index (χ0) is 31.3. The number of phenols is 1. The maximum absolute atomic E-state index is 13.4. The number of aromatic nitrogens is 1. The van der Waals surface area contributed by atoms with E-state index in [9.17, 15) is 19.5 Å². The molecule has 2 heterocycles. The monoisotopic (exact) mass is 652 g/mol. The Morgan fingerprint density at radius 1 is 1.00 bits per heavy atom. The molecule has 11 N–H and O–H groups in total. The van der Waals surface area contributed by atoms with Crippen molar-refractivity contribution >= 4 is 35.2 Å². The van der Waals surface area contributed by atoms with Crippen LogP contribution >= 0.6 is 0 Å². The van der Waals surface area contributed by atoms with Crippen LogP contribution in [0.2, 0.25) is 0 Å². The van der Waals surface area contributed by atoms with Gasteiger partial charge >= 0.3 is 5.97 Å². The van der Waals surface area contributed by atoms with E-state index >= 15 is 0 Å². The highest BCUT2D eigenvalue weighted by molar-refractivity contribution is 5.99. The summed E-state index contributed by atoms with van der Waals surface area (Å²) >= 11 is 0. The Hall–Kier alpha value is -5.02. The van der Waals surface area contributed by atoms with E-state index in [1.165, 1.54) is 18.2 Å². The van der Waals surface area contributed by atoms with Crippen molar-refractivity contribution in [3.05, 3.63) is 89.8 Å². The number of aromatic hydroxyl groups is 1. The molecule has 14 heteroatoms. The van der Waals surface area contributed by atoms with Crippen molar-refractivity contribution in [1.29, 1.82) is 0 Å². The number of amides is 2. The first-order valence-corrected chi connectivity index (χ1v) is 14.8. The number of likely N-dealkylation sites (tertiary alicyclic amines) is 1. The molecular formula is C33H44N6O8. The third kappa shape index (κ3) is 12.4. The van der Waals surface area contributed by atoms with E-state index in [4.69, 9.17) is 10.8 Å². The summed E-state index contributed by atoms with van der Waals surface area (Å²) in [7, 11) is 0. The molecule has 1 aromatic heterocycles. The Morgan fingerprint density at radius 2 is 1.72 bits per heavy atom. The Balaban J connectivity index is 0.00000368. The third-order valence-corrected chi connectivity index (χ3v) is 7.56. The molecule has 2 amide bonds. The number of piperidine rings is 1. The van der Waals surface area contributed by atoms with Crippen LogP contribution in [0.1, 0.15) is 53.6 Å². The summed E-state index contributed by atoms with van der Waals surface area (Å²) in [5, 5.41) is 30.6. The van der Waals surface area contributed by atoms with Crippen LogP contribution in [0.15, 0.2) is 83.3 Å². The zero-order valence-electron chi connectivity index (χ0n) is 26.0. The van der Waals surface area contributed by atoms with Crippen LogP contribution in [0.5, 0.6) is 5.75 Å². The number of hydrogen-bond acceptors (Lipinski definition) is 8. The number of carbonyl (C=O) groups is 3. The summed E-state index contributed by atoms with van der Waals surface area (Å²) < 4.78 is 0. The second kappa shape index (κ2) is 20.2. The SMILES string of the molecule is NC(Cc1ccc(O)c(/N=N\c2ccccc2C(=O)N2CCC(CCCCNC(=O)/C=C/c3cccnc3)CC2)c1)C(=O)O.O.O.O. The maximum Gasteiger partial charge on any atom is 0.320 e. The number of carbonyl (C=O) groups excluding carboxylic acids is 2. The van der Waals surface area contributed by atoms with Gasteiger partial charge < -0.3 is 42.6 Å². The quantitative estimate of drug-likeness (QED) is 0.122. The molecule has 47 heavy (non-hydrogen) atoms. The maximum atomic E-state index is 13.4. The number of nitrogens with zero attached hydrogens (tertiary/aromatic N) is 4. The molecule has 0 spiro atoms. The van der Waals surface area contributed by atoms with Gasteiger partial charge in [0.05, 0.1) is 11.3 Å². The number of aliphatic carboxylic acids is 1. The number of nitrogens with one attached hydrogen (secondary N) is 1. The number of pyridine rings is 1. The highest BCUT2D eigenvalue weighted by Gasteiger charge is 2.25. The fourth-order valence-corrected chi connectivity index (χ4v) is 5.04. The zero-order valence-corrected chi connectivity index (χ0v) is 26.0. The number of benzene rings is 2. The Labute approximate surface area is 273 Å². The highest BCUT2D eigenvalue weighted by atomic mass is 16.4. The van der Waals surface area contributed by atoms with Crippen molar-refractivity contribution in [3.63, 3.8) is 0 Å². The molecule has 4 rings (SSSR count). The fourth-order valence-electron chi connectivity index (χ4n) is 5.04. The Morgan fingerprint density at radius 3 is 2.43 bits per heavy atom. The molecule has 1 saturated heterocycles. The van der Waals surface area contributed by atoms with Crippen LogP contribution in [0, 0.1) is 5.92 Å². The van der Waals surface area contributed by atoms with E-state index in [-0.39, 0.29) is 46.1 Å². The van der Waals surface area contributed by atoms with E-state index in [1.54, 1.807) is 48.8 Å². The first kappa shape index (κ1) is 40.0. The normalized spacial score (nSPS) is 13.7. The predicted molar refractivity (Wildman–Crippen MR) is 178 cm³/mol. The van der Waals surface area contributed by atoms with E-state index in [0.717, 1.165) is 37.7 Å². The van der Waals surface area contributed by atoms with Crippen LogP contribution in [0.25, 0.3) is 6.08 Å². The lowest BCUT2D eigenvalue weighted by Crippen LogP contribution is -2.38. The van der Waals surface area contributed by atoms with Crippen molar-refractivity contribution in [3.8, 4) is 5.75 Å². The van der Waals surface area contributed by atoms with Gasteiger partial charge in [0.15, 0.2) is 0 Å². The van der Waals surface area contributed by atoms with Crippen LogP contribution in [0.3, 0.4) is 0 Å². The summed E-state index contributed by atoms with van der Waals surface area (Å²) in [6.07, 6.45) is 11.5. The molecule has 254 valence electrons. The molecule has 1 aliphatic heterocycles. The molecule has 1 atom stereocenters. The fraction of sp³-hybridized carbons (Fsp3) is 0.333. The predicted octanol–water partition coefficient (Wildman–Crippen LogP) is 2.54. The molecule has 0 aliphatic carbocycles. The van der Waals surface area contributed by atoms with Gasteiger partial charge in [0, 0.05) is 38.1 Å². The lowest BCUT2D eigenvalue weighted by atomic mass is 9.91. The van der Waals surface area contributed by atoms with Crippen LogP contribution in [0.4, 0.5) is 11.4 Å². The number of unbranched alkanes of at least 4 members (excludes halogenated alkanes) is 1. The molecule has 1 aliphatic rings. The summed E-state index contributed by atoms with van der Waals surface area (Å²) in [5.41, 5.74) is 8.06. The van der Waals surface area contributed by atoms with Gasteiger partial charge in [-0.15, -0.1) is 10.2 Å². The molecule has 0 saturated carbocycles. The highest BCUT2D eigenvalue weighted by Crippen LogP contribution is 2.31. The average Bonchev–Trinajstić information content (AvgIpc) is 3.04. The molecule has 0 bridgehead atoms. The van der Waals surface area contributed by atoms with Crippen molar-refractivity contribution < 1.29 is 41.0 Å². The average molecular weight is 653 g/mol. The lowest BCUT2D eigenvalue weighted by Gasteiger charge is -2.32. The third-order valence-electron chi connectivity index (χ3n) is 7.56. The van der Waals surface area contributed by atoms with Crippen molar-refractivity contribution in [2.24, 2.45) is 21.9 Å². The molecular weight excluding hydrogens is 608 g/mol. The van der Waals surface area contributed by atoms with Crippen molar-refractivity contribution in [2.75, 3.05) is 19.6 Å².